The van der Waals surface area contributed by atoms with Crippen LogP contribution in [0.5, 0.6) is 0 Å². The Balaban J connectivity index is 1.86. The number of carbonyl (C=O) groups is 1. The minimum absolute atomic E-state index is 0.0329. The average Bonchev–Trinajstić information content (AvgIpc) is 3.08. The number of thiophene rings is 1. The van der Waals surface area contributed by atoms with E-state index in [1.54, 1.807) is 17.5 Å². The van der Waals surface area contributed by atoms with Crippen LogP contribution in [0.3, 0.4) is 0 Å². The third-order valence-corrected chi connectivity index (χ3v) is 4.32. The summed E-state index contributed by atoms with van der Waals surface area (Å²) in [5.74, 6) is 0.0329. The number of hydrogen-bond donors (Lipinski definition) is 0. The largest absolute Gasteiger partial charge is 0.328 e. The van der Waals surface area contributed by atoms with Crippen LogP contribution in [0.1, 0.15) is 27.2 Å². The molecule has 1 aromatic carbocycles. The molecule has 2 aromatic heterocycles. The van der Waals surface area contributed by atoms with E-state index in [2.05, 4.69) is 16.4 Å². The van der Waals surface area contributed by atoms with Crippen molar-refractivity contribution < 1.29 is 4.79 Å². The Bertz CT molecular complexity index is 769. The van der Waals surface area contributed by atoms with Crippen LogP contribution >= 0.6 is 11.3 Å². The molecule has 0 saturated carbocycles. The normalized spacial score (nSPS) is 10.5. The summed E-state index contributed by atoms with van der Waals surface area (Å²) in [6.07, 6.45) is 1.76. The molecule has 0 saturated heterocycles. The van der Waals surface area contributed by atoms with E-state index in [0.29, 0.717) is 13.1 Å². The fraction of sp³-hybridized carbons (Fsp3) is 0.158. The minimum atomic E-state index is 0.0329. The monoisotopic (exact) mass is 322 g/mol. The molecule has 0 aliphatic rings. The highest BCUT2D eigenvalue weighted by Gasteiger charge is 2.17. The molecule has 0 spiro atoms. The first-order valence-electron chi connectivity index (χ1n) is 7.49. The van der Waals surface area contributed by atoms with Gasteiger partial charge in [0.05, 0.1) is 12.2 Å². The molecule has 3 aromatic rings. The predicted molar refractivity (Wildman–Crippen MR) is 93.3 cm³/mol. The molecule has 3 rings (SSSR count). The molecule has 4 heteroatoms. The topological polar surface area (TPSA) is 33.2 Å². The van der Waals surface area contributed by atoms with Crippen LogP contribution in [0.2, 0.25) is 0 Å². The maximum Gasteiger partial charge on any atom is 0.254 e. The summed E-state index contributed by atoms with van der Waals surface area (Å²) >= 11 is 1.64. The lowest BCUT2D eigenvalue weighted by Gasteiger charge is -2.22. The van der Waals surface area contributed by atoms with Gasteiger partial charge in [0.1, 0.15) is 0 Å². The first kappa shape index (κ1) is 15.4. The van der Waals surface area contributed by atoms with Crippen molar-refractivity contribution >= 4 is 17.2 Å². The number of hydrogen-bond acceptors (Lipinski definition) is 3. The average molecular weight is 322 g/mol. The molecule has 0 aliphatic heterocycles. The molecule has 0 aliphatic carbocycles. The molecule has 0 fully saturated rings. The van der Waals surface area contributed by atoms with Gasteiger partial charge < -0.3 is 4.90 Å². The highest BCUT2D eigenvalue weighted by Crippen LogP contribution is 2.16. The van der Waals surface area contributed by atoms with E-state index in [4.69, 9.17) is 0 Å². The summed E-state index contributed by atoms with van der Waals surface area (Å²) in [5.41, 5.74) is 3.84. The molecule has 0 bridgehead atoms. The molecule has 1 amide bonds. The van der Waals surface area contributed by atoms with E-state index in [1.807, 2.05) is 59.7 Å². The summed E-state index contributed by atoms with van der Waals surface area (Å²) in [7, 11) is 0. The van der Waals surface area contributed by atoms with E-state index in [1.165, 1.54) is 0 Å². The summed E-state index contributed by atoms with van der Waals surface area (Å²) in [6.45, 7) is 3.09. The molecule has 116 valence electrons. The van der Waals surface area contributed by atoms with Gasteiger partial charge in [0.15, 0.2) is 0 Å². The number of aromatic nitrogens is 1. The van der Waals surface area contributed by atoms with Gasteiger partial charge in [0.25, 0.3) is 5.91 Å². The zero-order valence-electron chi connectivity index (χ0n) is 13.0. The van der Waals surface area contributed by atoms with Crippen molar-refractivity contribution in [1.29, 1.82) is 0 Å². The first-order chi connectivity index (χ1) is 11.2. The molecular weight excluding hydrogens is 304 g/mol. The van der Waals surface area contributed by atoms with Crippen LogP contribution in [0.4, 0.5) is 0 Å². The number of aryl methyl sites for hydroxylation is 1. The van der Waals surface area contributed by atoms with Crippen molar-refractivity contribution in [3.8, 4) is 0 Å². The molecular formula is C19H18N2OS. The van der Waals surface area contributed by atoms with Crippen LogP contribution in [0, 0.1) is 6.92 Å². The maximum atomic E-state index is 12.9. The van der Waals surface area contributed by atoms with Gasteiger partial charge in [0.2, 0.25) is 0 Å². The van der Waals surface area contributed by atoms with Crippen LogP contribution in [-0.4, -0.2) is 15.8 Å². The first-order valence-corrected chi connectivity index (χ1v) is 8.43. The third kappa shape index (κ3) is 4.05. The van der Waals surface area contributed by atoms with E-state index >= 15 is 0 Å². The zero-order chi connectivity index (χ0) is 16.1. The number of amides is 1. The van der Waals surface area contributed by atoms with Crippen molar-refractivity contribution in [3.05, 3.63) is 87.9 Å². The molecule has 2 heterocycles. The fourth-order valence-electron chi connectivity index (χ4n) is 2.45. The third-order valence-electron chi connectivity index (χ3n) is 3.58. The Morgan fingerprint density at radius 3 is 2.74 bits per heavy atom. The van der Waals surface area contributed by atoms with E-state index in [0.717, 1.165) is 22.4 Å². The second-order valence-electron chi connectivity index (χ2n) is 5.48. The summed E-state index contributed by atoms with van der Waals surface area (Å²) in [4.78, 5) is 19.1. The Morgan fingerprint density at radius 1 is 1.13 bits per heavy atom. The van der Waals surface area contributed by atoms with E-state index < -0.39 is 0 Å². The lowest BCUT2D eigenvalue weighted by Crippen LogP contribution is -2.30. The van der Waals surface area contributed by atoms with Gasteiger partial charge in [-0.2, -0.15) is 11.3 Å². The van der Waals surface area contributed by atoms with E-state index in [-0.39, 0.29) is 5.91 Å². The van der Waals surface area contributed by atoms with Crippen molar-refractivity contribution in [2.75, 3.05) is 0 Å². The second kappa shape index (κ2) is 7.20. The Kier molecular flexibility index (Phi) is 4.83. The second-order valence-corrected chi connectivity index (χ2v) is 6.26. The van der Waals surface area contributed by atoms with Crippen LogP contribution < -0.4 is 0 Å². The number of nitrogens with zero attached hydrogens (tertiary/aromatic N) is 2. The highest BCUT2D eigenvalue weighted by molar-refractivity contribution is 7.07. The minimum Gasteiger partial charge on any atom is -0.328 e. The highest BCUT2D eigenvalue weighted by atomic mass is 32.1. The van der Waals surface area contributed by atoms with Crippen LogP contribution in [0.25, 0.3) is 0 Å². The van der Waals surface area contributed by atoms with Crippen molar-refractivity contribution in [2.24, 2.45) is 0 Å². The van der Waals surface area contributed by atoms with Gasteiger partial charge in [-0.3, -0.25) is 9.78 Å². The Hall–Kier alpha value is -2.46. The Labute approximate surface area is 140 Å². The van der Waals surface area contributed by atoms with Gasteiger partial charge in [-0.25, -0.2) is 0 Å². The quantitative estimate of drug-likeness (QED) is 0.702. The number of benzene rings is 1. The fourth-order valence-corrected chi connectivity index (χ4v) is 3.11. The lowest BCUT2D eigenvalue weighted by molar-refractivity contribution is 0.0728. The van der Waals surface area contributed by atoms with Gasteiger partial charge >= 0.3 is 0 Å². The summed E-state index contributed by atoms with van der Waals surface area (Å²) < 4.78 is 0. The molecule has 23 heavy (non-hydrogen) atoms. The van der Waals surface area contributed by atoms with Gasteiger partial charge in [-0.05, 0) is 53.6 Å². The number of pyridine rings is 1. The van der Waals surface area contributed by atoms with Crippen LogP contribution in [-0.2, 0) is 13.1 Å². The number of rotatable bonds is 5. The summed E-state index contributed by atoms with van der Waals surface area (Å²) in [6, 6.07) is 15.6. The predicted octanol–water partition coefficient (Wildman–Crippen LogP) is 4.29. The SMILES string of the molecule is Cc1cccc(C(=O)N(Cc2ccsc2)Cc2ccccn2)c1. The standard InChI is InChI=1S/C19H18N2OS/c1-15-5-4-6-17(11-15)19(22)21(12-16-8-10-23-14-16)13-18-7-2-3-9-20-18/h2-11,14H,12-13H2,1H3. The molecule has 0 atom stereocenters. The van der Waals surface area contributed by atoms with Gasteiger partial charge in [-0.15, -0.1) is 0 Å². The van der Waals surface area contributed by atoms with Crippen molar-refractivity contribution in [1.82, 2.24) is 9.88 Å². The lowest BCUT2D eigenvalue weighted by atomic mass is 10.1. The van der Waals surface area contributed by atoms with Crippen molar-refractivity contribution in [3.63, 3.8) is 0 Å². The molecule has 0 radical (unpaired) electrons. The van der Waals surface area contributed by atoms with E-state index in [9.17, 15) is 4.79 Å². The van der Waals surface area contributed by atoms with Crippen molar-refractivity contribution in [2.45, 2.75) is 20.0 Å². The maximum absolute atomic E-state index is 12.9. The van der Waals surface area contributed by atoms with Gasteiger partial charge in [0, 0.05) is 18.3 Å². The smallest absolute Gasteiger partial charge is 0.254 e. The molecule has 0 N–H and O–H groups in total. The molecule has 0 unspecified atom stereocenters. The zero-order valence-corrected chi connectivity index (χ0v) is 13.8. The number of carbonyl (C=O) groups excluding carboxylic acids is 1. The Morgan fingerprint density at radius 2 is 2.04 bits per heavy atom. The molecule has 3 nitrogen and oxygen atoms in total. The van der Waals surface area contributed by atoms with Gasteiger partial charge in [-0.1, -0.05) is 23.8 Å². The summed E-state index contributed by atoms with van der Waals surface area (Å²) in [5, 5.41) is 4.11. The van der Waals surface area contributed by atoms with Crippen LogP contribution in [0.15, 0.2) is 65.5 Å².